The third-order valence-electron chi connectivity index (χ3n) is 3.33. The van der Waals surface area contributed by atoms with Gasteiger partial charge in [0.2, 0.25) is 15.0 Å². The maximum Gasteiger partial charge on any atom is 0.387 e. The summed E-state index contributed by atoms with van der Waals surface area (Å²) in [5, 5.41) is 0.0233. The molecule has 1 fully saturated rings. The van der Waals surface area contributed by atoms with Crippen molar-refractivity contribution in [1.29, 1.82) is 0 Å². The van der Waals surface area contributed by atoms with Crippen LogP contribution in [0.5, 0.6) is 5.75 Å². The van der Waals surface area contributed by atoms with Gasteiger partial charge >= 0.3 is 6.61 Å². The van der Waals surface area contributed by atoms with Gasteiger partial charge in [0.15, 0.2) is 0 Å². The molecule has 1 aliphatic carbocycles. The number of nitrogens with zero attached hydrogens (tertiary/aromatic N) is 2. The summed E-state index contributed by atoms with van der Waals surface area (Å²) in [6, 6.07) is 5.89. The van der Waals surface area contributed by atoms with Crippen molar-refractivity contribution in [2.75, 3.05) is 0 Å². The molecule has 1 saturated carbocycles. The van der Waals surface area contributed by atoms with Gasteiger partial charge in [-0.05, 0) is 30.5 Å². The van der Waals surface area contributed by atoms with Crippen molar-refractivity contribution >= 4 is 9.84 Å². The Bertz CT molecular complexity index is 770. The van der Waals surface area contributed by atoms with Crippen LogP contribution in [0, 0.1) is 0 Å². The number of rotatable bonds is 6. The minimum Gasteiger partial charge on any atom is -0.435 e. The lowest BCUT2D eigenvalue weighted by molar-refractivity contribution is -0.0498. The number of halogens is 2. The molecular weight excluding hydrogens is 314 g/mol. The molecule has 1 aromatic carbocycles. The molecule has 3 rings (SSSR count). The average Bonchev–Trinajstić information content (AvgIpc) is 3.14. The summed E-state index contributed by atoms with van der Waals surface area (Å²) in [7, 11) is -3.64. The summed E-state index contributed by atoms with van der Waals surface area (Å²) in [6.45, 7) is -2.94. The summed E-state index contributed by atoms with van der Waals surface area (Å²) in [5.41, 5.74) is 0.378. The first-order valence-electron chi connectivity index (χ1n) is 6.75. The van der Waals surface area contributed by atoms with Gasteiger partial charge in [0.05, 0.1) is 5.75 Å². The Morgan fingerprint density at radius 1 is 1.36 bits per heavy atom. The average molecular weight is 328 g/mol. The molecule has 0 saturated heterocycles. The van der Waals surface area contributed by atoms with Crippen molar-refractivity contribution in [2.45, 2.75) is 36.4 Å². The minimum absolute atomic E-state index is 0.0233. The number of sulfone groups is 1. The lowest BCUT2D eigenvalue weighted by atomic mass is 10.2. The van der Waals surface area contributed by atoms with Gasteiger partial charge in [-0.15, -0.1) is 0 Å². The largest absolute Gasteiger partial charge is 0.435 e. The molecule has 0 bridgehead atoms. The van der Waals surface area contributed by atoms with Gasteiger partial charge in [0.1, 0.15) is 5.75 Å². The lowest BCUT2D eigenvalue weighted by Gasteiger charge is -2.09. The van der Waals surface area contributed by atoms with Crippen molar-refractivity contribution in [2.24, 2.45) is 0 Å². The molecule has 2 aromatic rings. The van der Waals surface area contributed by atoms with Crippen molar-refractivity contribution in [1.82, 2.24) is 9.55 Å². The fourth-order valence-electron chi connectivity index (χ4n) is 2.27. The molecule has 0 amide bonds. The van der Waals surface area contributed by atoms with Crippen LogP contribution in [-0.2, 0) is 15.6 Å². The maximum absolute atomic E-state index is 12.5. The SMILES string of the molecule is O=S(=O)(Cc1cccc(OC(F)F)c1)c1nccn1C1CC1. The fourth-order valence-corrected chi connectivity index (χ4v) is 3.77. The summed E-state index contributed by atoms with van der Waals surface area (Å²) < 4.78 is 55.3. The lowest BCUT2D eigenvalue weighted by Crippen LogP contribution is -2.12. The van der Waals surface area contributed by atoms with Crippen LogP contribution < -0.4 is 4.74 Å². The van der Waals surface area contributed by atoms with Crippen molar-refractivity contribution in [3.8, 4) is 5.75 Å². The summed E-state index contributed by atoms with van der Waals surface area (Å²) >= 11 is 0. The van der Waals surface area contributed by atoms with Crippen LogP contribution in [0.25, 0.3) is 0 Å². The first-order valence-corrected chi connectivity index (χ1v) is 8.40. The van der Waals surface area contributed by atoms with Crippen LogP contribution in [0.3, 0.4) is 0 Å². The number of ether oxygens (including phenoxy) is 1. The molecule has 0 spiro atoms. The molecule has 22 heavy (non-hydrogen) atoms. The molecule has 1 aromatic heterocycles. The molecule has 8 heteroatoms. The Kier molecular flexibility index (Phi) is 3.86. The van der Waals surface area contributed by atoms with E-state index in [1.54, 1.807) is 16.8 Å². The smallest absolute Gasteiger partial charge is 0.387 e. The molecule has 1 heterocycles. The predicted octanol–water partition coefficient (Wildman–Crippen LogP) is 2.79. The van der Waals surface area contributed by atoms with E-state index in [1.807, 2.05) is 0 Å². The van der Waals surface area contributed by atoms with E-state index in [0.717, 1.165) is 12.8 Å². The van der Waals surface area contributed by atoms with E-state index in [9.17, 15) is 17.2 Å². The highest BCUT2D eigenvalue weighted by Crippen LogP contribution is 2.37. The molecule has 5 nitrogen and oxygen atoms in total. The maximum atomic E-state index is 12.5. The van der Waals surface area contributed by atoms with Crippen molar-refractivity contribution < 1.29 is 21.9 Å². The topological polar surface area (TPSA) is 61.2 Å². The van der Waals surface area contributed by atoms with Crippen LogP contribution in [0.15, 0.2) is 41.8 Å². The van der Waals surface area contributed by atoms with E-state index in [4.69, 9.17) is 0 Å². The quantitative estimate of drug-likeness (QED) is 0.818. The van der Waals surface area contributed by atoms with Gasteiger partial charge in [0, 0.05) is 18.4 Å². The fraction of sp³-hybridized carbons (Fsp3) is 0.357. The highest BCUT2D eigenvalue weighted by molar-refractivity contribution is 7.90. The Morgan fingerprint density at radius 3 is 2.82 bits per heavy atom. The second kappa shape index (κ2) is 5.68. The van der Waals surface area contributed by atoms with Crippen LogP contribution in [0.1, 0.15) is 24.4 Å². The Balaban J connectivity index is 1.83. The Morgan fingerprint density at radius 2 is 2.14 bits per heavy atom. The van der Waals surface area contributed by atoms with Crippen molar-refractivity contribution in [3.05, 3.63) is 42.2 Å². The summed E-state index contributed by atoms with van der Waals surface area (Å²) in [5.74, 6) is -0.370. The second-order valence-electron chi connectivity index (χ2n) is 5.13. The molecule has 0 atom stereocenters. The molecule has 1 aliphatic rings. The zero-order valence-corrected chi connectivity index (χ0v) is 12.3. The second-order valence-corrected chi connectivity index (χ2v) is 7.02. The van der Waals surface area contributed by atoms with E-state index < -0.39 is 16.4 Å². The number of alkyl halides is 2. The highest BCUT2D eigenvalue weighted by Gasteiger charge is 2.30. The third-order valence-corrected chi connectivity index (χ3v) is 4.92. The first kappa shape index (κ1) is 15.0. The number of imidazole rings is 1. The Hall–Kier alpha value is -1.96. The van der Waals surface area contributed by atoms with E-state index in [2.05, 4.69) is 9.72 Å². The van der Waals surface area contributed by atoms with Crippen LogP contribution in [0.4, 0.5) is 8.78 Å². The highest BCUT2D eigenvalue weighted by atomic mass is 32.2. The van der Waals surface area contributed by atoms with Gasteiger partial charge in [-0.25, -0.2) is 13.4 Å². The number of hydrogen-bond acceptors (Lipinski definition) is 4. The molecule has 0 radical (unpaired) electrons. The summed E-state index contributed by atoms with van der Waals surface area (Å²) in [6.07, 6.45) is 5.00. The zero-order chi connectivity index (χ0) is 15.7. The van der Waals surface area contributed by atoms with Crippen LogP contribution in [-0.4, -0.2) is 24.6 Å². The van der Waals surface area contributed by atoms with E-state index >= 15 is 0 Å². The standard InChI is InChI=1S/C14H14F2N2O3S/c15-13(16)21-12-3-1-2-10(8-12)9-22(19,20)14-17-6-7-18(14)11-4-5-11/h1-3,6-8,11,13H,4-5,9H2. The normalized spacial score (nSPS) is 15.2. The minimum atomic E-state index is -3.64. The van der Waals surface area contributed by atoms with Crippen LogP contribution in [0.2, 0.25) is 0 Å². The van der Waals surface area contributed by atoms with E-state index in [0.29, 0.717) is 5.56 Å². The first-order chi connectivity index (χ1) is 10.5. The van der Waals surface area contributed by atoms with Gasteiger partial charge in [0.25, 0.3) is 0 Å². The molecular formula is C14H14F2N2O3S. The number of benzene rings is 1. The molecule has 0 N–H and O–H groups in total. The predicted molar refractivity (Wildman–Crippen MR) is 74.5 cm³/mol. The molecule has 118 valence electrons. The Labute approximate surface area is 126 Å². The van der Waals surface area contributed by atoms with Gasteiger partial charge < -0.3 is 9.30 Å². The van der Waals surface area contributed by atoms with Crippen molar-refractivity contribution in [3.63, 3.8) is 0 Å². The molecule has 0 aliphatic heterocycles. The molecule has 0 unspecified atom stereocenters. The van der Waals surface area contributed by atoms with Crippen LogP contribution >= 0.6 is 0 Å². The number of hydrogen-bond donors (Lipinski definition) is 0. The van der Waals surface area contributed by atoms with Gasteiger partial charge in [-0.2, -0.15) is 8.78 Å². The number of aromatic nitrogens is 2. The monoisotopic (exact) mass is 328 g/mol. The van der Waals surface area contributed by atoms with E-state index in [-0.39, 0.29) is 22.7 Å². The summed E-state index contributed by atoms with van der Waals surface area (Å²) in [4.78, 5) is 3.94. The van der Waals surface area contributed by atoms with E-state index in [1.165, 1.54) is 24.4 Å². The third kappa shape index (κ3) is 3.27. The zero-order valence-electron chi connectivity index (χ0n) is 11.5. The van der Waals surface area contributed by atoms with Gasteiger partial charge in [-0.3, -0.25) is 0 Å². The van der Waals surface area contributed by atoms with Gasteiger partial charge in [-0.1, -0.05) is 12.1 Å².